The summed E-state index contributed by atoms with van der Waals surface area (Å²) in [7, 11) is 6.23. The van der Waals surface area contributed by atoms with Crippen LogP contribution in [0.5, 0.6) is 0 Å². The molecule has 0 saturated heterocycles. The SMILES string of the molecule is CCc1cccc(C(CN(C)C)NC)c1. The number of hydrogen-bond acceptors (Lipinski definition) is 2. The monoisotopic (exact) mass is 206 g/mol. The number of rotatable bonds is 5. The van der Waals surface area contributed by atoms with Crippen LogP contribution >= 0.6 is 0 Å². The van der Waals surface area contributed by atoms with Crippen LogP contribution in [-0.2, 0) is 6.42 Å². The van der Waals surface area contributed by atoms with Crippen LogP contribution in [0.4, 0.5) is 0 Å². The van der Waals surface area contributed by atoms with Gasteiger partial charge in [0.1, 0.15) is 0 Å². The van der Waals surface area contributed by atoms with E-state index in [0.29, 0.717) is 6.04 Å². The lowest BCUT2D eigenvalue weighted by molar-refractivity contribution is 0.352. The van der Waals surface area contributed by atoms with E-state index in [4.69, 9.17) is 0 Å². The fourth-order valence-corrected chi connectivity index (χ4v) is 1.76. The van der Waals surface area contributed by atoms with E-state index in [1.807, 2.05) is 7.05 Å². The fourth-order valence-electron chi connectivity index (χ4n) is 1.76. The summed E-state index contributed by atoms with van der Waals surface area (Å²) < 4.78 is 0. The van der Waals surface area contributed by atoms with E-state index < -0.39 is 0 Å². The summed E-state index contributed by atoms with van der Waals surface area (Å²) in [6.07, 6.45) is 1.10. The first-order valence-corrected chi connectivity index (χ1v) is 5.58. The fraction of sp³-hybridized carbons (Fsp3) is 0.538. The predicted molar refractivity (Wildman–Crippen MR) is 66.2 cm³/mol. The van der Waals surface area contributed by atoms with E-state index in [0.717, 1.165) is 13.0 Å². The Morgan fingerprint density at radius 3 is 2.60 bits per heavy atom. The Bertz CT molecular complexity index is 294. The summed E-state index contributed by atoms with van der Waals surface area (Å²) in [5.41, 5.74) is 2.79. The zero-order valence-electron chi connectivity index (χ0n) is 10.2. The molecule has 0 amide bonds. The van der Waals surface area contributed by atoms with Gasteiger partial charge in [0.15, 0.2) is 0 Å². The van der Waals surface area contributed by atoms with Crippen molar-refractivity contribution in [1.82, 2.24) is 10.2 Å². The van der Waals surface area contributed by atoms with Crippen LogP contribution in [-0.4, -0.2) is 32.6 Å². The summed E-state index contributed by atoms with van der Waals surface area (Å²) in [6.45, 7) is 3.23. The Hall–Kier alpha value is -0.860. The van der Waals surface area contributed by atoms with E-state index in [-0.39, 0.29) is 0 Å². The highest BCUT2D eigenvalue weighted by Gasteiger charge is 2.09. The van der Waals surface area contributed by atoms with Crippen LogP contribution in [0.25, 0.3) is 0 Å². The van der Waals surface area contributed by atoms with Crippen molar-refractivity contribution >= 4 is 0 Å². The van der Waals surface area contributed by atoms with Gasteiger partial charge in [-0.15, -0.1) is 0 Å². The zero-order valence-corrected chi connectivity index (χ0v) is 10.2. The highest BCUT2D eigenvalue weighted by Crippen LogP contribution is 2.15. The van der Waals surface area contributed by atoms with Gasteiger partial charge in [0.05, 0.1) is 0 Å². The number of nitrogens with zero attached hydrogens (tertiary/aromatic N) is 1. The van der Waals surface area contributed by atoms with Crippen molar-refractivity contribution in [2.24, 2.45) is 0 Å². The molecule has 1 rings (SSSR count). The van der Waals surface area contributed by atoms with Gasteiger partial charge in [-0.25, -0.2) is 0 Å². The molecule has 1 unspecified atom stereocenters. The Balaban J connectivity index is 2.81. The molecule has 84 valence electrons. The highest BCUT2D eigenvalue weighted by atomic mass is 15.1. The van der Waals surface area contributed by atoms with Crippen LogP contribution in [0, 0.1) is 0 Å². The van der Waals surface area contributed by atoms with Crippen molar-refractivity contribution in [2.45, 2.75) is 19.4 Å². The summed E-state index contributed by atoms with van der Waals surface area (Å²) >= 11 is 0. The lowest BCUT2D eigenvalue weighted by atomic mass is 10.0. The lowest BCUT2D eigenvalue weighted by Crippen LogP contribution is -2.28. The maximum Gasteiger partial charge on any atom is 0.0446 e. The second kappa shape index (κ2) is 5.89. The summed E-state index contributed by atoms with van der Waals surface area (Å²) in [5.74, 6) is 0. The molecule has 2 nitrogen and oxygen atoms in total. The van der Waals surface area contributed by atoms with Crippen LogP contribution in [0.1, 0.15) is 24.1 Å². The van der Waals surface area contributed by atoms with E-state index in [1.165, 1.54) is 11.1 Å². The maximum atomic E-state index is 3.36. The van der Waals surface area contributed by atoms with Crippen LogP contribution in [0.3, 0.4) is 0 Å². The van der Waals surface area contributed by atoms with Gasteiger partial charge >= 0.3 is 0 Å². The molecule has 0 aliphatic rings. The Labute approximate surface area is 93.3 Å². The summed E-state index contributed by atoms with van der Waals surface area (Å²) in [4.78, 5) is 2.21. The number of aryl methyl sites for hydroxylation is 1. The molecular weight excluding hydrogens is 184 g/mol. The minimum Gasteiger partial charge on any atom is -0.312 e. The first-order valence-electron chi connectivity index (χ1n) is 5.58. The molecule has 0 aliphatic heterocycles. The quantitative estimate of drug-likeness (QED) is 0.793. The van der Waals surface area contributed by atoms with Gasteiger partial charge in [-0.2, -0.15) is 0 Å². The van der Waals surface area contributed by atoms with Crippen LogP contribution in [0.15, 0.2) is 24.3 Å². The number of hydrogen-bond donors (Lipinski definition) is 1. The van der Waals surface area contributed by atoms with E-state index >= 15 is 0 Å². The minimum absolute atomic E-state index is 0.423. The second-order valence-corrected chi connectivity index (χ2v) is 4.20. The van der Waals surface area contributed by atoms with E-state index in [1.54, 1.807) is 0 Å². The Morgan fingerprint density at radius 1 is 1.33 bits per heavy atom. The average molecular weight is 206 g/mol. The van der Waals surface area contributed by atoms with Crippen molar-refractivity contribution in [3.63, 3.8) is 0 Å². The molecule has 0 aromatic heterocycles. The molecule has 0 spiro atoms. The van der Waals surface area contributed by atoms with Gasteiger partial charge in [0.2, 0.25) is 0 Å². The normalized spacial score (nSPS) is 13.1. The molecule has 0 fully saturated rings. The third-order valence-corrected chi connectivity index (χ3v) is 2.66. The first-order chi connectivity index (χ1) is 7.17. The third-order valence-electron chi connectivity index (χ3n) is 2.66. The van der Waals surface area contributed by atoms with Crippen molar-refractivity contribution in [3.8, 4) is 0 Å². The van der Waals surface area contributed by atoms with Crippen molar-refractivity contribution in [1.29, 1.82) is 0 Å². The largest absolute Gasteiger partial charge is 0.312 e. The Kier molecular flexibility index (Phi) is 4.79. The minimum atomic E-state index is 0.423. The predicted octanol–water partition coefficient (Wildman–Crippen LogP) is 2.07. The smallest absolute Gasteiger partial charge is 0.0446 e. The van der Waals surface area contributed by atoms with Crippen LogP contribution in [0.2, 0.25) is 0 Å². The van der Waals surface area contributed by atoms with Gasteiger partial charge in [0.25, 0.3) is 0 Å². The van der Waals surface area contributed by atoms with E-state index in [2.05, 4.69) is 55.5 Å². The molecular formula is C13H22N2. The highest BCUT2D eigenvalue weighted by molar-refractivity contribution is 5.26. The molecule has 15 heavy (non-hydrogen) atoms. The lowest BCUT2D eigenvalue weighted by Gasteiger charge is -2.21. The van der Waals surface area contributed by atoms with Gasteiger partial charge < -0.3 is 10.2 Å². The molecule has 1 aromatic carbocycles. The van der Waals surface area contributed by atoms with Gasteiger partial charge in [-0.3, -0.25) is 0 Å². The van der Waals surface area contributed by atoms with Gasteiger partial charge in [-0.05, 0) is 38.7 Å². The maximum absolute atomic E-state index is 3.36. The van der Waals surface area contributed by atoms with E-state index in [9.17, 15) is 0 Å². The average Bonchev–Trinajstić information content (AvgIpc) is 2.25. The van der Waals surface area contributed by atoms with Gasteiger partial charge in [0, 0.05) is 12.6 Å². The molecule has 0 aliphatic carbocycles. The number of nitrogens with one attached hydrogen (secondary N) is 1. The second-order valence-electron chi connectivity index (χ2n) is 4.20. The topological polar surface area (TPSA) is 15.3 Å². The number of likely N-dealkylation sites (N-methyl/N-ethyl adjacent to an activating group) is 2. The summed E-state index contributed by atoms with van der Waals surface area (Å²) in [5, 5.41) is 3.36. The number of benzene rings is 1. The molecule has 0 heterocycles. The third kappa shape index (κ3) is 3.65. The molecule has 2 heteroatoms. The molecule has 0 saturated carbocycles. The molecule has 1 atom stereocenters. The molecule has 1 N–H and O–H groups in total. The Morgan fingerprint density at radius 2 is 2.07 bits per heavy atom. The standard InChI is InChI=1S/C13H22N2/c1-5-11-7-6-8-12(9-11)13(14-2)10-15(3)4/h6-9,13-14H,5,10H2,1-4H3. The zero-order chi connectivity index (χ0) is 11.3. The van der Waals surface area contributed by atoms with Crippen LogP contribution < -0.4 is 5.32 Å². The molecule has 0 bridgehead atoms. The molecule has 0 radical (unpaired) electrons. The van der Waals surface area contributed by atoms with Crippen molar-refractivity contribution < 1.29 is 0 Å². The molecule has 1 aromatic rings. The van der Waals surface area contributed by atoms with Crippen molar-refractivity contribution in [2.75, 3.05) is 27.7 Å². The summed E-state index contributed by atoms with van der Waals surface area (Å²) in [6, 6.07) is 9.25. The first kappa shape index (κ1) is 12.2. The van der Waals surface area contributed by atoms with Crippen molar-refractivity contribution in [3.05, 3.63) is 35.4 Å². The van der Waals surface area contributed by atoms with Gasteiger partial charge in [-0.1, -0.05) is 31.2 Å².